The molecule has 1 fully saturated rings. The lowest BCUT2D eigenvalue weighted by molar-refractivity contribution is -0.147. The van der Waals surface area contributed by atoms with E-state index in [1.54, 1.807) is 18.5 Å². The van der Waals surface area contributed by atoms with E-state index < -0.39 is 0 Å². The number of methoxy groups -OCH3 is 1. The Morgan fingerprint density at radius 2 is 1.78 bits per heavy atom. The van der Waals surface area contributed by atoms with Crippen molar-refractivity contribution in [1.82, 2.24) is 19.5 Å². The van der Waals surface area contributed by atoms with Gasteiger partial charge in [0.2, 0.25) is 5.91 Å². The van der Waals surface area contributed by atoms with Crippen molar-refractivity contribution in [1.29, 1.82) is 0 Å². The van der Waals surface area contributed by atoms with Gasteiger partial charge in [-0.05, 0) is 66.8 Å². The zero-order valence-corrected chi connectivity index (χ0v) is 22.7. The molecule has 3 heterocycles. The molecule has 2 aromatic carbocycles. The smallest absolute Gasteiger partial charge is 0.308 e. The highest BCUT2D eigenvalue weighted by atomic mass is 16.5. The summed E-state index contributed by atoms with van der Waals surface area (Å²) in [6.07, 6.45) is 6.13. The summed E-state index contributed by atoms with van der Waals surface area (Å²) in [5, 5.41) is 2.93. The lowest BCUT2D eigenvalue weighted by atomic mass is 9.81. The number of carbonyl (C=O) groups excluding carboxylic acids is 2. The Balaban J connectivity index is 1.34. The van der Waals surface area contributed by atoms with Crippen LogP contribution in [0.4, 0.5) is 11.6 Å². The van der Waals surface area contributed by atoms with Gasteiger partial charge in [0.25, 0.3) is 0 Å². The fraction of sp³-hybridized carbons (Fsp3) is 0.219. The second-order valence-corrected chi connectivity index (χ2v) is 10.3. The molecule has 5 aromatic rings. The number of amides is 1. The monoisotopic (exact) mass is 546 g/mol. The lowest BCUT2D eigenvalue weighted by Crippen LogP contribution is -2.31. The fourth-order valence-electron chi connectivity index (χ4n) is 5.56. The van der Waals surface area contributed by atoms with E-state index >= 15 is 0 Å². The van der Waals surface area contributed by atoms with Crippen LogP contribution < -0.4 is 11.1 Å². The Labute approximate surface area is 237 Å². The normalized spacial score (nSPS) is 16.8. The maximum atomic E-state index is 13.0. The van der Waals surface area contributed by atoms with Gasteiger partial charge < -0.3 is 15.8 Å². The van der Waals surface area contributed by atoms with Crippen LogP contribution in [0.1, 0.15) is 25.7 Å². The summed E-state index contributed by atoms with van der Waals surface area (Å²) in [4.78, 5) is 38.8. The molecule has 1 aliphatic rings. The van der Waals surface area contributed by atoms with Crippen molar-refractivity contribution in [2.24, 2.45) is 11.8 Å². The number of rotatable bonds is 6. The number of nitrogen functional groups attached to an aromatic ring is 1. The number of benzene rings is 2. The van der Waals surface area contributed by atoms with E-state index in [1.165, 1.54) is 7.11 Å². The van der Waals surface area contributed by atoms with Crippen LogP contribution in [0.25, 0.3) is 39.2 Å². The summed E-state index contributed by atoms with van der Waals surface area (Å²) in [5.74, 6) is 0.571. The van der Waals surface area contributed by atoms with Crippen LogP contribution in [0.2, 0.25) is 0 Å². The third-order valence-corrected chi connectivity index (χ3v) is 7.68. The van der Waals surface area contributed by atoms with E-state index in [4.69, 9.17) is 15.5 Å². The minimum Gasteiger partial charge on any atom is -0.469 e. The molecule has 9 heteroatoms. The zero-order chi connectivity index (χ0) is 28.3. The highest BCUT2D eigenvalue weighted by Gasteiger charge is 2.32. The van der Waals surface area contributed by atoms with Crippen LogP contribution >= 0.6 is 0 Å². The molecule has 1 amide bonds. The highest BCUT2D eigenvalue weighted by Crippen LogP contribution is 2.34. The molecular weight excluding hydrogens is 516 g/mol. The molecule has 0 saturated heterocycles. The van der Waals surface area contributed by atoms with E-state index in [9.17, 15) is 9.59 Å². The van der Waals surface area contributed by atoms with Crippen LogP contribution in [0.15, 0.2) is 85.2 Å². The molecule has 0 radical (unpaired) electrons. The summed E-state index contributed by atoms with van der Waals surface area (Å²) in [7, 11) is 1.39. The molecule has 3 aromatic heterocycles. The second kappa shape index (κ2) is 11.2. The van der Waals surface area contributed by atoms with Crippen molar-refractivity contribution in [2.75, 3.05) is 18.2 Å². The highest BCUT2D eigenvalue weighted by molar-refractivity contribution is 5.92. The van der Waals surface area contributed by atoms with Crippen molar-refractivity contribution >= 4 is 34.5 Å². The predicted octanol–water partition coefficient (Wildman–Crippen LogP) is 5.65. The van der Waals surface area contributed by atoms with E-state index in [-0.39, 0.29) is 23.7 Å². The minimum absolute atomic E-state index is 0.136. The first-order valence-corrected chi connectivity index (χ1v) is 13.7. The predicted molar refractivity (Wildman–Crippen MR) is 158 cm³/mol. The molecular formula is C32H30N6O3. The summed E-state index contributed by atoms with van der Waals surface area (Å²) >= 11 is 0. The number of esters is 1. The summed E-state index contributed by atoms with van der Waals surface area (Å²) in [6.45, 7) is 0. The number of nitrogens with two attached hydrogens (primary N) is 1. The first-order chi connectivity index (χ1) is 20.0. The van der Waals surface area contributed by atoms with Gasteiger partial charge in [-0.1, -0.05) is 42.8 Å². The number of ether oxygens (including phenoxy) is 1. The zero-order valence-electron chi connectivity index (χ0n) is 22.7. The van der Waals surface area contributed by atoms with E-state index in [1.807, 2.05) is 47.0 Å². The summed E-state index contributed by atoms with van der Waals surface area (Å²) < 4.78 is 6.90. The van der Waals surface area contributed by atoms with Crippen molar-refractivity contribution in [3.8, 4) is 28.2 Å². The van der Waals surface area contributed by atoms with Crippen molar-refractivity contribution in [3.05, 3.63) is 85.2 Å². The van der Waals surface area contributed by atoms with Gasteiger partial charge in [0, 0.05) is 12.1 Å². The third kappa shape index (κ3) is 5.26. The molecule has 6 rings (SSSR count). The first-order valence-electron chi connectivity index (χ1n) is 13.7. The van der Waals surface area contributed by atoms with Gasteiger partial charge in [-0.25, -0.2) is 15.0 Å². The second-order valence-electron chi connectivity index (χ2n) is 10.3. The molecule has 41 heavy (non-hydrogen) atoms. The number of nitrogens with zero attached hydrogens (tertiary/aromatic N) is 4. The molecule has 0 aliphatic heterocycles. The summed E-state index contributed by atoms with van der Waals surface area (Å²) in [5.41, 5.74) is 11.6. The molecule has 0 bridgehead atoms. The Morgan fingerprint density at radius 1 is 0.951 bits per heavy atom. The molecule has 9 nitrogen and oxygen atoms in total. The van der Waals surface area contributed by atoms with Gasteiger partial charge in [0.05, 0.1) is 41.5 Å². The molecule has 2 unspecified atom stereocenters. The van der Waals surface area contributed by atoms with Crippen LogP contribution in [0.5, 0.6) is 0 Å². The maximum absolute atomic E-state index is 13.0. The average Bonchev–Trinajstić information content (AvgIpc) is 3.40. The standard InChI is InChI=1S/C32H30N6O3/c1-41-32(40)23-10-5-9-22(17-23)31(39)37-28-15-13-24(19-35-28)38-27-18-21(20-7-3-2-4-8-20)12-14-26(27)36-30(38)25-11-6-16-34-29(25)33/h2-4,6-8,11-16,18-19,22-23H,5,9-10,17H2,1H3,(H2,33,34)(H,35,37,39). The SMILES string of the molecule is COC(=O)C1CCCC(C(=O)Nc2ccc(-n3c(-c4cccnc4N)nc4ccc(-c5ccccc5)cc43)cn2)C1. The van der Waals surface area contributed by atoms with Crippen LogP contribution in [0, 0.1) is 11.8 Å². The van der Waals surface area contributed by atoms with Crippen molar-refractivity contribution in [2.45, 2.75) is 25.7 Å². The number of hydrogen-bond donors (Lipinski definition) is 2. The van der Waals surface area contributed by atoms with Crippen molar-refractivity contribution in [3.63, 3.8) is 0 Å². The van der Waals surface area contributed by atoms with E-state index in [2.05, 4.69) is 39.6 Å². The Kier molecular flexibility index (Phi) is 7.16. The van der Waals surface area contributed by atoms with Gasteiger partial charge in [0.15, 0.2) is 0 Å². The number of pyridine rings is 2. The van der Waals surface area contributed by atoms with Crippen LogP contribution in [-0.2, 0) is 14.3 Å². The Hall–Kier alpha value is -5.05. The van der Waals surface area contributed by atoms with Crippen LogP contribution in [0.3, 0.4) is 0 Å². The first kappa shape index (κ1) is 26.2. The van der Waals surface area contributed by atoms with Crippen LogP contribution in [-0.4, -0.2) is 38.5 Å². The number of aromatic nitrogens is 4. The van der Waals surface area contributed by atoms with Gasteiger partial charge in [0.1, 0.15) is 17.5 Å². The molecule has 3 N–H and O–H groups in total. The fourth-order valence-corrected chi connectivity index (χ4v) is 5.56. The van der Waals surface area contributed by atoms with Crippen molar-refractivity contribution < 1.29 is 14.3 Å². The molecule has 2 atom stereocenters. The number of imidazole rings is 1. The Morgan fingerprint density at radius 3 is 2.54 bits per heavy atom. The minimum atomic E-state index is -0.261. The number of nitrogens with one attached hydrogen (secondary N) is 1. The number of carbonyl (C=O) groups is 2. The average molecular weight is 547 g/mol. The number of hydrogen-bond acceptors (Lipinski definition) is 7. The summed E-state index contributed by atoms with van der Waals surface area (Å²) in [6, 6.07) is 23.7. The van der Waals surface area contributed by atoms with Gasteiger partial charge in [-0.2, -0.15) is 0 Å². The van der Waals surface area contributed by atoms with Gasteiger partial charge in [-0.15, -0.1) is 0 Å². The molecule has 1 aliphatic carbocycles. The quantitative estimate of drug-likeness (QED) is 0.264. The molecule has 206 valence electrons. The number of fused-ring (bicyclic) bond motifs is 1. The van der Waals surface area contributed by atoms with Gasteiger partial charge >= 0.3 is 5.97 Å². The van der Waals surface area contributed by atoms with Gasteiger partial charge in [-0.3, -0.25) is 14.2 Å². The largest absolute Gasteiger partial charge is 0.469 e. The molecule has 0 spiro atoms. The Bertz CT molecular complexity index is 1720. The maximum Gasteiger partial charge on any atom is 0.308 e. The number of anilines is 2. The third-order valence-electron chi connectivity index (χ3n) is 7.68. The van der Waals surface area contributed by atoms with E-state index in [0.29, 0.717) is 29.4 Å². The topological polar surface area (TPSA) is 125 Å². The van der Waals surface area contributed by atoms with E-state index in [0.717, 1.165) is 47.1 Å². The lowest BCUT2D eigenvalue weighted by Gasteiger charge is -2.26. The molecule has 1 saturated carbocycles.